The summed E-state index contributed by atoms with van der Waals surface area (Å²) in [6.45, 7) is 2.68. The van der Waals surface area contributed by atoms with Gasteiger partial charge in [-0.2, -0.15) is 0 Å². The summed E-state index contributed by atoms with van der Waals surface area (Å²) >= 11 is 0. The molecule has 0 saturated heterocycles. The molecule has 1 atom stereocenters. The summed E-state index contributed by atoms with van der Waals surface area (Å²) in [6, 6.07) is 0. The van der Waals surface area contributed by atoms with Crippen molar-refractivity contribution in [2.45, 2.75) is 25.9 Å². The molecule has 3 N–H and O–H groups in total. The molecule has 0 spiro atoms. The van der Waals surface area contributed by atoms with E-state index in [0.717, 1.165) is 6.92 Å². The van der Waals surface area contributed by atoms with Gasteiger partial charge in [-0.05, 0) is 13.3 Å². The predicted molar refractivity (Wildman–Crippen MR) is 39.7 cm³/mol. The number of rotatable bonds is 3. The number of allylic oxidation sites excluding steroid dienone is 1. The minimum atomic E-state index is -2.43. The fourth-order valence-corrected chi connectivity index (χ4v) is 0.535. The van der Waals surface area contributed by atoms with Crippen molar-refractivity contribution in [2.75, 3.05) is 0 Å². The summed E-state index contributed by atoms with van der Waals surface area (Å²) in [6.07, 6.45) is 1.88. The molecule has 4 heteroatoms. The molecule has 0 aliphatic carbocycles. The zero-order valence-electron chi connectivity index (χ0n) is 6.60. The lowest BCUT2D eigenvalue weighted by Crippen LogP contribution is -2.35. The summed E-state index contributed by atoms with van der Waals surface area (Å²) in [5.74, 6) is -1.56. The molecule has 0 rings (SSSR count). The molecular formula is C7H12FNO2. The van der Waals surface area contributed by atoms with E-state index in [1.54, 1.807) is 6.92 Å². The number of carboxylic acids is 1. The van der Waals surface area contributed by atoms with Crippen molar-refractivity contribution in [2.24, 2.45) is 5.73 Å². The number of aliphatic carboxylic acids is 1. The molecule has 3 nitrogen and oxygen atoms in total. The highest BCUT2D eigenvalue weighted by Gasteiger charge is 2.35. The van der Waals surface area contributed by atoms with Crippen LogP contribution in [0.5, 0.6) is 0 Å². The molecule has 0 heterocycles. The number of carboxylic acid groups (broad SMARTS) is 1. The molecule has 1 unspecified atom stereocenters. The summed E-state index contributed by atoms with van der Waals surface area (Å²) < 4.78 is 13.0. The summed E-state index contributed by atoms with van der Waals surface area (Å²) in [5.41, 5.74) is 2.49. The van der Waals surface area contributed by atoms with Gasteiger partial charge in [-0.25, -0.2) is 9.18 Å². The Morgan fingerprint density at radius 2 is 2.27 bits per heavy atom. The van der Waals surface area contributed by atoms with Crippen molar-refractivity contribution in [3.63, 3.8) is 0 Å². The molecule has 11 heavy (non-hydrogen) atoms. The first-order chi connectivity index (χ1) is 4.92. The Morgan fingerprint density at radius 3 is 2.55 bits per heavy atom. The maximum absolute atomic E-state index is 13.0. The largest absolute Gasteiger partial charge is 0.479 e. The Hall–Kier alpha value is -1.06. The summed E-state index contributed by atoms with van der Waals surface area (Å²) in [7, 11) is 0. The number of alkyl halides is 1. The van der Waals surface area contributed by atoms with Crippen LogP contribution in [0.15, 0.2) is 11.8 Å². The van der Waals surface area contributed by atoms with E-state index >= 15 is 0 Å². The van der Waals surface area contributed by atoms with Gasteiger partial charge >= 0.3 is 5.97 Å². The zero-order chi connectivity index (χ0) is 9.07. The topological polar surface area (TPSA) is 63.3 Å². The molecule has 0 amide bonds. The number of nitrogens with two attached hydrogens (primary N) is 1. The minimum Gasteiger partial charge on any atom is -0.479 e. The van der Waals surface area contributed by atoms with Crippen molar-refractivity contribution in [3.05, 3.63) is 11.8 Å². The molecule has 0 aromatic heterocycles. The second-order valence-corrected chi connectivity index (χ2v) is 2.38. The van der Waals surface area contributed by atoms with Crippen LogP contribution >= 0.6 is 0 Å². The summed E-state index contributed by atoms with van der Waals surface area (Å²) in [4.78, 5) is 10.2. The predicted octanol–water partition coefficient (Wildman–Crippen LogP) is 1.05. The minimum absolute atomic E-state index is 0.243. The average molecular weight is 161 g/mol. The van der Waals surface area contributed by atoms with Crippen LogP contribution in [0, 0.1) is 0 Å². The SMILES string of the molecule is CC/C=C(/N)C(C)(F)C(=O)O. The first kappa shape index (κ1) is 9.94. The zero-order valence-corrected chi connectivity index (χ0v) is 6.60. The average Bonchev–Trinajstić information content (AvgIpc) is 1.88. The van der Waals surface area contributed by atoms with Crippen LogP contribution in [0.3, 0.4) is 0 Å². The van der Waals surface area contributed by atoms with Gasteiger partial charge in [-0.3, -0.25) is 0 Å². The van der Waals surface area contributed by atoms with Crippen LogP contribution in [-0.4, -0.2) is 16.7 Å². The lowest BCUT2D eigenvalue weighted by Gasteiger charge is -2.14. The number of carbonyl (C=O) groups is 1. The van der Waals surface area contributed by atoms with Gasteiger partial charge in [-0.1, -0.05) is 13.0 Å². The summed E-state index contributed by atoms with van der Waals surface area (Å²) in [5, 5.41) is 8.34. The van der Waals surface area contributed by atoms with E-state index in [-0.39, 0.29) is 5.70 Å². The van der Waals surface area contributed by atoms with Crippen LogP contribution in [-0.2, 0) is 4.79 Å². The van der Waals surface area contributed by atoms with Gasteiger partial charge < -0.3 is 10.8 Å². The van der Waals surface area contributed by atoms with E-state index in [0.29, 0.717) is 6.42 Å². The highest BCUT2D eigenvalue weighted by molar-refractivity contribution is 5.80. The Labute approximate surface area is 64.7 Å². The molecule has 0 bridgehead atoms. The van der Waals surface area contributed by atoms with E-state index < -0.39 is 11.6 Å². The van der Waals surface area contributed by atoms with Gasteiger partial charge in [0.05, 0.1) is 5.70 Å². The third-order valence-corrected chi connectivity index (χ3v) is 1.37. The Kier molecular flexibility index (Phi) is 3.04. The van der Waals surface area contributed by atoms with Gasteiger partial charge in [-0.15, -0.1) is 0 Å². The molecule has 0 aliphatic rings. The third-order valence-electron chi connectivity index (χ3n) is 1.37. The van der Waals surface area contributed by atoms with Crippen molar-refractivity contribution >= 4 is 5.97 Å². The second kappa shape index (κ2) is 3.37. The highest BCUT2D eigenvalue weighted by atomic mass is 19.1. The van der Waals surface area contributed by atoms with Crippen LogP contribution in [0.25, 0.3) is 0 Å². The Balaban J connectivity index is 4.55. The van der Waals surface area contributed by atoms with Crippen LogP contribution < -0.4 is 5.73 Å². The van der Waals surface area contributed by atoms with Gasteiger partial charge in [0.25, 0.3) is 0 Å². The lowest BCUT2D eigenvalue weighted by atomic mass is 10.0. The molecule has 0 saturated carbocycles. The molecule has 0 aromatic rings. The smallest absolute Gasteiger partial charge is 0.347 e. The van der Waals surface area contributed by atoms with E-state index in [4.69, 9.17) is 10.8 Å². The molecule has 0 aromatic carbocycles. The first-order valence-corrected chi connectivity index (χ1v) is 3.31. The molecule has 0 aliphatic heterocycles. The van der Waals surface area contributed by atoms with Gasteiger partial charge in [0, 0.05) is 0 Å². The van der Waals surface area contributed by atoms with Crippen LogP contribution in [0.2, 0.25) is 0 Å². The molecular weight excluding hydrogens is 149 g/mol. The first-order valence-electron chi connectivity index (χ1n) is 3.31. The monoisotopic (exact) mass is 161 g/mol. The number of halogens is 1. The van der Waals surface area contributed by atoms with Crippen molar-refractivity contribution in [3.8, 4) is 0 Å². The normalized spacial score (nSPS) is 17.5. The van der Waals surface area contributed by atoms with Gasteiger partial charge in [0.15, 0.2) is 0 Å². The maximum Gasteiger partial charge on any atom is 0.347 e. The van der Waals surface area contributed by atoms with Crippen molar-refractivity contribution in [1.29, 1.82) is 0 Å². The van der Waals surface area contributed by atoms with E-state index in [2.05, 4.69) is 0 Å². The van der Waals surface area contributed by atoms with E-state index in [1.807, 2.05) is 0 Å². The Morgan fingerprint density at radius 1 is 1.82 bits per heavy atom. The fraction of sp³-hybridized carbons (Fsp3) is 0.571. The second-order valence-electron chi connectivity index (χ2n) is 2.38. The van der Waals surface area contributed by atoms with Crippen LogP contribution in [0.1, 0.15) is 20.3 Å². The molecule has 0 fully saturated rings. The quantitative estimate of drug-likeness (QED) is 0.650. The van der Waals surface area contributed by atoms with Crippen molar-refractivity contribution in [1.82, 2.24) is 0 Å². The maximum atomic E-state index is 13.0. The van der Waals surface area contributed by atoms with E-state index in [1.165, 1.54) is 6.08 Å². The Bertz CT molecular complexity index is 187. The van der Waals surface area contributed by atoms with Crippen molar-refractivity contribution < 1.29 is 14.3 Å². The van der Waals surface area contributed by atoms with Gasteiger partial charge in [0.1, 0.15) is 0 Å². The molecule has 64 valence electrons. The van der Waals surface area contributed by atoms with E-state index in [9.17, 15) is 9.18 Å². The third kappa shape index (κ3) is 2.22. The lowest BCUT2D eigenvalue weighted by molar-refractivity contribution is -0.147. The number of hydrogen-bond acceptors (Lipinski definition) is 2. The fourth-order valence-electron chi connectivity index (χ4n) is 0.535. The van der Waals surface area contributed by atoms with Gasteiger partial charge in [0.2, 0.25) is 5.67 Å². The standard InChI is InChI=1S/C7H12FNO2/c1-3-4-5(9)7(2,8)6(10)11/h4H,3,9H2,1-2H3,(H,10,11)/b5-4+. The van der Waals surface area contributed by atoms with Crippen LogP contribution in [0.4, 0.5) is 4.39 Å². The molecule has 0 radical (unpaired) electrons. The number of hydrogen-bond donors (Lipinski definition) is 2. The highest BCUT2D eigenvalue weighted by Crippen LogP contribution is 2.17.